The summed E-state index contributed by atoms with van der Waals surface area (Å²) in [6.45, 7) is 5.27. The molecular formula is C13H19ClN4O2. The number of rotatable bonds is 4. The molecule has 1 amide bonds. The summed E-state index contributed by atoms with van der Waals surface area (Å²) in [7, 11) is 0. The summed E-state index contributed by atoms with van der Waals surface area (Å²) in [5.41, 5.74) is 0. The van der Waals surface area contributed by atoms with Crippen LogP contribution in [0.15, 0.2) is 12.3 Å². The van der Waals surface area contributed by atoms with E-state index in [-0.39, 0.29) is 11.4 Å². The van der Waals surface area contributed by atoms with Crippen molar-refractivity contribution in [3.05, 3.63) is 17.5 Å². The highest BCUT2D eigenvalue weighted by atomic mass is 35.5. The Hall–Kier alpha value is -1.56. The highest BCUT2D eigenvalue weighted by Gasteiger charge is 2.22. The highest BCUT2D eigenvalue weighted by molar-refractivity contribution is 6.28. The first-order valence-corrected chi connectivity index (χ1v) is 7.23. The van der Waals surface area contributed by atoms with Gasteiger partial charge in [-0.25, -0.2) is 14.8 Å². The predicted octanol–water partition coefficient (Wildman–Crippen LogP) is 2.19. The van der Waals surface area contributed by atoms with Gasteiger partial charge in [-0.3, -0.25) is 0 Å². The van der Waals surface area contributed by atoms with Gasteiger partial charge in [0.1, 0.15) is 5.82 Å². The van der Waals surface area contributed by atoms with Crippen LogP contribution in [0.5, 0.6) is 0 Å². The minimum atomic E-state index is -0.223. The van der Waals surface area contributed by atoms with E-state index >= 15 is 0 Å². The van der Waals surface area contributed by atoms with Crippen molar-refractivity contribution in [1.29, 1.82) is 0 Å². The molecule has 2 rings (SSSR count). The molecule has 0 unspecified atom stereocenters. The normalized spacial score (nSPS) is 15.3. The Kier molecular flexibility index (Phi) is 5.40. The van der Waals surface area contributed by atoms with Crippen molar-refractivity contribution in [2.75, 3.05) is 37.7 Å². The molecule has 0 aromatic carbocycles. The molecular weight excluding hydrogens is 280 g/mol. The van der Waals surface area contributed by atoms with Gasteiger partial charge in [-0.15, -0.1) is 0 Å². The molecule has 1 aromatic rings. The number of aromatic nitrogens is 2. The van der Waals surface area contributed by atoms with Gasteiger partial charge in [0.25, 0.3) is 0 Å². The van der Waals surface area contributed by atoms with Crippen LogP contribution in [0.25, 0.3) is 0 Å². The fourth-order valence-electron chi connectivity index (χ4n) is 2.02. The zero-order valence-electron chi connectivity index (χ0n) is 11.6. The topological polar surface area (TPSA) is 58.6 Å². The lowest BCUT2D eigenvalue weighted by Gasteiger charge is -2.34. The molecule has 7 heteroatoms. The number of carbonyl (C=O) groups is 1. The summed E-state index contributed by atoms with van der Waals surface area (Å²) in [4.78, 5) is 23.7. The zero-order valence-corrected chi connectivity index (χ0v) is 12.3. The third-order valence-electron chi connectivity index (χ3n) is 3.20. The third-order valence-corrected chi connectivity index (χ3v) is 3.38. The van der Waals surface area contributed by atoms with Crippen LogP contribution in [0.3, 0.4) is 0 Å². The summed E-state index contributed by atoms with van der Waals surface area (Å²) in [5, 5.41) is 0.240. The van der Waals surface area contributed by atoms with Gasteiger partial charge in [-0.2, -0.15) is 0 Å². The number of piperazine rings is 1. The lowest BCUT2D eigenvalue weighted by atomic mass is 10.3. The Morgan fingerprint density at radius 1 is 1.40 bits per heavy atom. The number of unbranched alkanes of at least 4 members (excludes halogenated alkanes) is 1. The molecule has 0 saturated carbocycles. The first-order valence-electron chi connectivity index (χ1n) is 6.86. The quantitative estimate of drug-likeness (QED) is 0.630. The predicted molar refractivity (Wildman–Crippen MR) is 77.1 cm³/mol. The second-order valence-electron chi connectivity index (χ2n) is 4.63. The molecule has 1 saturated heterocycles. The summed E-state index contributed by atoms with van der Waals surface area (Å²) in [6.07, 6.45) is 3.34. The Morgan fingerprint density at radius 3 is 2.80 bits per heavy atom. The van der Waals surface area contributed by atoms with E-state index in [0.717, 1.165) is 31.7 Å². The van der Waals surface area contributed by atoms with Gasteiger partial charge in [-0.05, 0) is 24.1 Å². The second-order valence-corrected chi connectivity index (χ2v) is 4.96. The van der Waals surface area contributed by atoms with Crippen molar-refractivity contribution in [2.45, 2.75) is 19.8 Å². The molecule has 0 radical (unpaired) electrons. The molecule has 1 aliphatic rings. The van der Waals surface area contributed by atoms with E-state index in [2.05, 4.69) is 21.8 Å². The Bertz CT molecular complexity index is 450. The molecule has 20 heavy (non-hydrogen) atoms. The Balaban J connectivity index is 1.81. The minimum Gasteiger partial charge on any atom is -0.449 e. The number of hydrogen-bond donors (Lipinski definition) is 0. The number of nitrogens with zero attached hydrogens (tertiary/aromatic N) is 4. The number of halogens is 1. The van der Waals surface area contributed by atoms with E-state index in [1.165, 1.54) is 0 Å². The number of hydrogen-bond acceptors (Lipinski definition) is 5. The fourth-order valence-corrected chi connectivity index (χ4v) is 2.16. The highest BCUT2D eigenvalue weighted by Crippen LogP contribution is 2.15. The van der Waals surface area contributed by atoms with Crippen LogP contribution < -0.4 is 4.90 Å². The van der Waals surface area contributed by atoms with Crippen LogP contribution in [-0.4, -0.2) is 53.7 Å². The monoisotopic (exact) mass is 298 g/mol. The average molecular weight is 299 g/mol. The van der Waals surface area contributed by atoms with Crippen LogP contribution in [0, 0.1) is 0 Å². The minimum absolute atomic E-state index is 0.223. The first-order chi connectivity index (χ1) is 9.70. The second kappa shape index (κ2) is 7.28. The molecule has 0 spiro atoms. The lowest BCUT2D eigenvalue weighted by Crippen LogP contribution is -2.49. The number of carbonyl (C=O) groups excluding carboxylic acids is 1. The van der Waals surface area contributed by atoms with E-state index in [1.54, 1.807) is 11.1 Å². The van der Waals surface area contributed by atoms with E-state index in [1.807, 2.05) is 6.07 Å². The third kappa shape index (κ3) is 3.96. The van der Waals surface area contributed by atoms with Gasteiger partial charge in [0.2, 0.25) is 5.28 Å². The number of ether oxygens (including phenoxy) is 1. The summed E-state index contributed by atoms with van der Waals surface area (Å²) in [6, 6.07) is 1.82. The maximum atomic E-state index is 11.8. The van der Waals surface area contributed by atoms with Gasteiger partial charge in [0.15, 0.2) is 0 Å². The molecule has 6 nitrogen and oxygen atoms in total. The summed E-state index contributed by atoms with van der Waals surface area (Å²) in [5.74, 6) is 0.795. The average Bonchev–Trinajstić information content (AvgIpc) is 2.47. The molecule has 0 N–H and O–H groups in total. The van der Waals surface area contributed by atoms with Crippen LogP contribution in [0.4, 0.5) is 10.6 Å². The van der Waals surface area contributed by atoms with Gasteiger partial charge < -0.3 is 14.5 Å². The van der Waals surface area contributed by atoms with Crippen LogP contribution >= 0.6 is 11.6 Å². The van der Waals surface area contributed by atoms with Crippen molar-refractivity contribution >= 4 is 23.5 Å². The summed E-state index contributed by atoms with van der Waals surface area (Å²) >= 11 is 5.78. The molecule has 2 heterocycles. The first kappa shape index (κ1) is 14.8. The molecule has 110 valence electrons. The smallest absolute Gasteiger partial charge is 0.409 e. The Labute approximate surface area is 123 Å². The van der Waals surface area contributed by atoms with E-state index in [4.69, 9.17) is 16.3 Å². The number of anilines is 1. The van der Waals surface area contributed by atoms with Crippen LogP contribution in [0.2, 0.25) is 5.28 Å². The molecule has 1 aliphatic heterocycles. The Morgan fingerprint density at radius 2 is 2.15 bits per heavy atom. The molecule has 0 bridgehead atoms. The molecule has 1 fully saturated rings. The van der Waals surface area contributed by atoms with Gasteiger partial charge in [-0.1, -0.05) is 13.3 Å². The zero-order chi connectivity index (χ0) is 14.4. The van der Waals surface area contributed by atoms with Gasteiger partial charge in [0.05, 0.1) is 6.61 Å². The lowest BCUT2D eigenvalue weighted by molar-refractivity contribution is 0.0989. The summed E-state index contributed by atoms with van der Waals surface area (Å²) < 4.78 is 5.20. The molecule has 0 aliphatic carbocycles. The fraction of sp³-hybridized carbons (Fsp3) is 0.615. The van der Waals surface area contributed by atoms with E-state index in [9.17, 15) is 4.79 Å². The van der Waals surface area contributed by atoms with Gasteiger partial charge in [0, 0.05) is 32.4 Å². The maximum Gasteiger partial charge on any atom is 0.409 e. The molecule has 0 atom stereocenters. The van der Waals surface area contributed by atoms with Crippen molar-refractivity contribution in [3.63, 3.8) is 0 Å². The van der Waals surface area contributed by atoms with Crippen molar-refractivity contribution in [2.24, 2.45) is 0 Å². The number of amides is 1. The SMILES string of the molecule is CCCCOC(=O)N1CCN(c2ccnc(Cl)n2)CC1. The van der Waals surface area contributed by atoms with Crippen LogP contribution in [0.1, 0.15) is 19.8 Å². The van der Waals surface area contributed by atoms with Crippen molar-refractivity contribution in [1.82, 2.24) is 14.9 Å². The van der Waals surface area contributed by atoms with Crippen molar-refractivity contribution in [3.8, 4) is 0 Å². The van der Waals surface area contributed by atoms with Gasteiger partial charge >= 0.3 is 6.09 Å². The van der Waals surface area contributed by atoms with Crippen molar-refractivity contribution < 1.29 is 9.53 Å². The maximum absolute atomic E-state index is 11.8. The van der Waals surface area contributed by atoms with E-state index in [0.29, 0.717) is 19.7 Å². The molecule has 1 aromatic heterocycles. The standard InChI is InChI=1S/C13H19ClN4O2/c1-2-3-10-20-13(19)18-8-6-17(7-9-18)11-4-5-15-12(14)16-11/h4-5H,2-3,6-10H2,1H3. The van der Waals surface area contributed by atoms with E-state index < -0.39 is 0 Å². The largest absolute Gasteiger partial charge is 0.449 e. The van der Waals surface area contributed by atoms with Crippen LogP contribution in [-0.2, 0) is 4.74 Å².